The molecular formula is C34H51N9. The molecule has 0 bridgehead atoms. The Labute approximate surface area is 258 Å². The van der Waals surface area contributed by atoms with E-state index in [2.05, 4.69) is 80.0 Å². The van der Waals surface area contributed by atoms with Crippen LogP contribution in [-0.2, 0) is 0 Å². The van der Waals surface area contributed by atoms with Crippen LogP contribution in [0.5, 0.6) is 0 Å². The van der Waals surface area contributed by atoms with Crippen LogP contribution in [0.3, 0.4) is 0 Å². The van der Waals surface area contributed by atoms with Gasteiger partial charge >= 0.3 is 0 Å². The van der Waals surface area contributed by atoms with E-state index in [9.17, 15) is 0 Å². The lowest BCUT2D eigenvalue weighted by Crippen LogP contribution is -2.51. The Morgan fingerprint density at radius 2 is 2.05 bits per heavy atom. The molecule has 2 aliphatic heterocycles. The fourth-order valence-corrected chi connectivity index (χ4v) is 5.62. The zero-order valence-corrected chi connectivity index (χ0v) is 27.1. The van der Waals surface area contributed by atoms with Gasteiger partial charge in [0, 0.05) is 61.5 Å². The SMILES string of the molecule is C=C1C=CC(Nc2cc(C3=NC(C)/C(=C(\CC=NCC)C4CC4)C(N(C)C(CC)C(C)(C)CN)=N3)ccn2)=CN1.CC=N. The average molecular weight is 586 g/mol. The van der Waals surface area contributed by atoms with E-state index in [4.69, 9.17) is 21.1 Å². The second-order valence-corrected chi connectivity index (χ2v) is 11.8. The first-order chi connectivity index (χ1) is 20.6. The Hall–Kier alpha value is -3.85. The predicted octanol–water partition coefficient (Wildman–Crippen LogP) is 6.09. The van der Waals surface area contributed by atoms with Crippen LogP contribution in [-0.4, -0.2) is 66.2 Å². The molecule has 1 fully saturated rings. The van der Waals surface area contributed by atoms with Crippen LogP contribution < -0.4 is 16.4 Å². The topological polar surface area (TPSA) is 127 Å². The first-order valence-corrected chi connectivity index (χ1v) is 15.4. The molecule has 232 valence electrons. The Kier molecular flexibility index (Phi) is 12.2. The van der Waals surface area contributed by atoms with Crippen LogP contribution in [0.2, 0.25) is 0 Å². The normalized spacial score (nSPS) is 20.2. The first kappa shape index (κ1) is 33.6. The summed E-state index contributed by atoms with van der Waals surface area (Å²) >= 11 is 0. The highest BCUT2D eigenvalue weighted by Gasteiger charge is 2.38. The number of allylic oxidation sites excluding steroid dienone is 3. The third-order valence-corrected chi connectivity index (χ3v) is 8.01. The lowest BCUT2D eigenvalue weighted by Gasteiger charge is -2.42. The van der Waals surface area contributed by atoms with E-state index in [0.717, 1.165) is 53.8 Å². The molecule has 2 atom stereocenters. The summed E-state index contributed by atoms with van der Waals surface area (Å²) in [6, 6.07) is 4.19. The smallest absolute Gasteiger partial charge is 0.157 e. The molecule has 9 nitrogen and oxygen atoms in total. The minimum Gasteiger partial charge on any atom is -0.360 e. The van der Waals surface area contributed by atoms with E-state index in [1.807, 2.05) is 30.5 Å². The highest BCUT2D eigenvalue weighted by atomic mass is 15.2. The quantitative estimate of drug-likeness (QED) is 0.234. The van der Waals surface area contributed by atoms with E-state index >= 15 is 0 Å². The second kappa shape index (κ2) is 15.6. The van der Waals surface area contributed by atoms with Crippen molar-refractivity contribution in [3.05, 3.63) is 71.4 Å². The standard InChI is InChI=1S/C32H46N8.C2H5N/c1-8-27(32(5,6)20-33)40(7)31-29(26(23-11-12-23)15-16-34-9-2)22(4)37-30(39-31)24-14-17-35-28(18-24)38-25-13-10-21(3)36-19-25;1-2-3/h10,13-14,16-19,22-23,27,36H,3,8-9,11-12,15,20,33H2,1-2,4-7H3,(H,35,38);2-3H,1H3/b29-26-,34-16?;. The van der Waals surface area contributed by atoms with Crippen molar-refractivity contribution in [2.24, 2.45) is 32.0 Å². The van der Waals surface area contributed by atoms with Gasteiger partial charge in [-0.05, 0) is 88.4 Å². The van der Waals surface area contributed by atoms with Crippen molar-refractivity contribution < 1.29 is 0 Å². The minimum absolute atomic E-state index is 0.0298. The maximum Gasteiger partial charge on any atom is 0.157 e. The van der Waals surface area contributed by atoms with E-state index in [1.54, 1.807) is 13.1 Å². The van der Waals surface area contributed by atoms with Gasteiger partial charge in [-0.2, -0.15) is 0 Å². The Balaban J connectivity index is 0.00000162. The summed E-state index contributed by atoms with van der Waals surface area (Å²) in [5.74, 6) is 3.04. The van der Waals surface area contributed by atoms with Crippen molar-refractivity contribution >= 4 is 29.9 Å². The van der Waals surface area contributed by atoms with Crippen LogP contribution in [0.1, 0.15) is 72.8 Å². The van der Waals surface area contributed by atoms with Gasteiger partial charge < -0.3 is 26.7 Å². The number of likely N-dealkylation sites (N-methyl/N-ethyl adjacent to an activating group) is 1. The number of dihydropyridines is 1. The van der Waals surface area contributed by atoms with Crippen LogP contribution in [0.15, 0.2) is 80.8 Å². The van der Waals surface area contributed by atoms with Crippen molar-refractivity contribution in [1.82, 2.24) is 15.2 Å². The molecule has 0 amide bonds. The number of nitrogens with zero attached hydrogens (tertiary/aromatic N) is 5. The molecule has 43 heavy (non-hydrogen) atoms. The van der Waals surface area contributed by atoms with Gasteiger partial charge in [-0.25, -0.2) is 9.98 Å². The third-order valence-electron chi connectivity index (χ3n) is 8.01. The number of hydrogen-bond donors (Lipinski definition) is 4. The van der Waals surface area contributed by atoms with Gasteiger partial charge in [0.1, 0.15) is 11.7 Å². The highest BCUT2D eigenvalue weighted by Crippen LogP contribution is 2.42. The Morgan fingerprint density at radius 3 is 2.63 bits per heavy atom. The van der Waals surface area contributed by atoms with Gasteiger partial charge in [0.05, 0.1) is 11.7 Å². The zero-order valence-electron chi connectivity index (χ0n) is 27.1. The van der Waals surface area contributed by atoms with Crippen molar-refractivity contribution in [2.45, 2.75) is 79.3 Å². The second-order valence-electron chi connectivity index (χ2n) is 11.8. The van der Waals surface area contributed by atoms with Crippen molar-refractivity contribution in [3.63, 3.8) is 0 Å². The number of hydrogen-bond acceptors (Lipinski definition) is 9. The maximum atomic E-state index is 6.28. The Bertz CT molecular complexity index is 1320. The number of amidine groups is 2. The number of anilines is 1. The van der Waals surface area contributed by atoms with Gasteiger partial charge in [-0.1, -0.05) is 32.9 Å². The maximum absolute atomic E-state index is 6.28. The van der Waals surface area contributed by atoms with E-state index < -0.39 is 0 Å². The molecule has 5 N–H and O–H groups in total. The number of aromatic nitrogens is 1. The molecule has 0 saturated heterocycles. The summed E-state index contributed by atoms with van der Waals surface area (Å²) in [6.45, 7) is 18.0. The summed E-state index contributed by atoms with van der Waals surface area (Å²) in [5, 5.41) is 12.6. The van der Waals surface area contributed by atoms with E-state index in [-0.39, 0.29) is 17.5 Å². The lowest BCUT2D eigenvalue weighted by molar-refractivity contribution is 0.172. The molecule has 1 aliphatic carbocycles. The fourth-order valence-electron chi connectivity index (χ4n) is 5.62. The monoisotopic (exact) mass is 585 g/mol. The summed E-state index contributed by atoms with van der Waals surface area (Å²) in [7, 11) is 2.17. The van der Waals surface area contributed by atoms with Crippen molar-refractivity contribution in [3.8, 4) is 0 Å². The van der Waals surface area contributed by atoms with Crippen LogP contribution in [0.4, 0.5) is 5.82 Å². The molecular weight excluding hydrogens is 534 g/mol. The van der Waals surface area contributed by atoms with Crippen molar-refractivity contribution in [1.29, 1.82) is 5.41 Å². The van der Waals surface area contributed by atoms with E-state index in [1.165, 1.54) is 30.2 Å². The predicted molar refractivity (Wildman–Crippen MR) is 183 cm³/mol. The number of pyridine rings is 1. The number of aliphatic imine (C=N–C) groups is 3. The first-order valence-electron chi connectivity index (χ1n) is 15.4. The third kappa shape index (κ3) is 8.83. The van der Waals surface area contributed by atoms with Crippen LogP contribution >= 0.6 is 0 Å². The summed E-state index contributed by atoms with van der Waals surface area (Å²) < 4.78 is 0. The molecule has 0 aromatic carbocycles. The molecule has 1 saturated carbocycles. The number of nitrogens with one attached hydrogen (secondary N) is 3. The lowest BCUT2D eigenvalue weighted by atomic mass is 9.81. The summed E-state index contributed by atoms with van der Waals surface area (Å²) in [4.78, 5) is 21.9. The number of nitrogens with two attached hydrogens (primary N) is 1. The van der Waals surface area contributed by atoms with Gasteiger partial charge in [0.25, 0.3) is 0 Å². The molecule has 3 aliphatic rings. The average Bonchev–Trinajstić information content (AvgIpc) is 3.83. The van der Waals surface area contributed by atoms with Gasteiger partial charge in [-0.15, -0.1) is 0 Å². The van der Waals surface area contributed by atoms with E-state index in [0.29, 0.717) is 12.5 Å². The highest BCUT2D eigenvalue weighted by molar-refractivity contribution is 6.14. The molecule has 4 rings (SSSR count). The van der Waals surface area contributed by atoms with Crippen LogP contribution in [0, 0.1) is 16.7 Å². The largest absolute Gasteiger partial charge is 0.360 e. The number of rotatable bonds is 11. The van der Waals surface area contributed by atoms with Gasteiger partial charge in [0.15, 0.2) is 5.84 Å². The Morgan fingerprint density at radius 1 is 1.33 bits per heavy atom. The molecule has 1 aromatic heterocycles. The fraction of sp³-hybridized carbons (Fsp3) is 0.500. The minimum atomic E-state index is -0.0765. The summed E-state index contributed by atoms with van der Waals surface area (Å²) in [6.07, 6.45) is 15.2. The molecule has 0 spiro atoms. The molecule has 3 heterocycles. The summed E-state index contributed by atoms with van der Waals surface area (Å²) in [5.41, 5.74) is 11.6. The zero-order chi connectivity index (χ0) is 31.6. The molecule has 9 heteroatoms. The van der Waals surface area contributed by atoms with Gasteiger partial charge in [0.2, 0.25) is 0 Å². The van der Waals surface area contributed by atoms with Gasteiger partial charge in [-0.3, -0.25) is 9.98 Å². The molecule has 0 radical (unpaired) electrons. The van der Waals surface area contributed by atoms with Crippen molar-refractivity contribution in [2.75, 3.05) is 25.5 Å². The molecule has 2 unspecified atom stereocenters. The van der Waals surface area contributed by atoms with Crippen LogP contribution in [0.25, 0.3) is 0 Å². The molecule has 1 aromatic rings.